The Labute approximate surface area is 175 Å². The highest BCUT2D eigenvalue weighted by Gasteiger charge is 2.58. The summed E-state index contributed by atoms with van der Waals surface area (Å²) >= 11 is 0. The van der Waals surface area contributed by atoms with Crippen LogP contribution in [0, 0.1) is 23.1 Å². The van der Waals surface area contributed by atoms with Gasteiger partial charge in [0.25, 0.3) is 0 Å². The number of hydroxylamine groups is 1. The monoisotopic (exact) mass is 411 g/mol. The number of esters is 1. The van der Waals surface area contributed by atoms with Gasteiger partial charge >= 0.3 is 5.97 Å². The standard InChI is InChI=1S/C24H26FNO4/c1-24(2)21(13-26-29-15-16-6-7-16)22(24)23(27)28-14-17-4-3-5-20(12-17)30-19-10-8-18(25)9-11-19/h3-5,8-13,16,22,26H,6-7,14-15H2,1-2H3/t22-/m0/s1. The van der Waals surface area contributed by atoms with E-state index in [2.05, 4.69) is 5.48 Å². The summed E-state index contributed by atoms with van der Waals surface area (Å²) in [5.74, 6) is 0.972. The third kappa shape index (κ3) is 5.00. The molecule has 1 N–H and O–H groups in total. The summed E-state index contributed by atoms with van der Waals surface area (Å²) in [7, 11) is 0. The molecule has 0 bridgehead atoms. The molecule has 0 aromatic heterocycles. The SMILES string of the molecule is CC1(C)C(=CNOCC2CC2)[C@H]1C(=O)OCc1cccc(Oc2ccc(F)cc2)c1. The van der Waals surface area contributed by atoms with Crippen LogP contribution in [0.5, 0.6) is 11.5 Å². The van der Waals surface area contributed by atoms with Gasteiger partial charge in [0.1, 0.15) is 23.9 Å². The van der Waals surface area contributed by atoms with Crippen molar-refractivity contribution in [1.29, 1.82) is 0 Å². The second-order valence-corrected chi connectivity index (χ2v) is 8.44. The lowest BCUT2D eigenvalue weighted by Crippen LogP contribution is -2.11. The quantitative estimate of drug-likeness (QED) is 0.352. The van der Waals surface area contributed by atoms with E-state index < -0.39 is 0 Å². The molecule has 0 spiro atoms. The van der Waals surface area contributed by atoms with Crippen LogP contribution in [-0.4, -0.2) is 12.6 Å². The van der Waals surface area contributed by atoms with Gasteiger partial charge in [-0.05, 0) is 66.3 Å². The third-order valence-corrected chi connectivity index (χ3v) is 5.57. The first-order valence-electron chi connectivity index (χ1n) is 10.2. The largest absolute Gasteiger partial charge is 0.460 e. The van der Waals surface area contributed by atoms with Gasteiger partial charge in [0.05, 0.1) is 12.5 Å². The predicted molar refractivity (Wildman–Crippen MR) is 110 cm³/mol. The number of hydrogen-bond acceptors (Lipinski definition) is 5. The summed E-state index contributed by atoms with van der Waals surface area (Å²) < 4.78 is 24.3. The summed E-state index contributed by atoms with van der Waals surface area (Å²) in [6, 6.07) is 13.1. The summed E-state index contributed by atoms with van der Waals surface area (Å²) in [4.78, 5) is 18.0. The fraction of sp³-hybridized carbons (Fsp3) is 0.375. The van der Waals surface area contributed by atoms with E-state index in [1.54, 1.807) is 30.5 Å². The highest BCUT2D eigenvalue weighted by atomic mass is 19.1. The molecule has 0 amide bonds. The molecule has 2 aliphatic carbocycles. The molecular weight excluding hydrogens is 385 g/mol. The van der Waals surface area contributed by atoms with Crippen molar-refractivity contribution >= 4 is 5.97 Å². The van der Waals surface area contributed by atoms with Gasteiger partial charge in [-0.15, -0.1) is 0 Å². The van der Waals surface area contributed by atoms with E-state index in [1.807, 2.05) is 26.0 Å². The minimum atomic E-state index is -0.316. The van der Waals surface area contributed by atoms with Gasteiger partial charge in [0.2, 0.25) is 0 Å². The van der Waals surface area contributed by atoms with Crippen LogP contribution in [-0.2, 0) is 21.0 Å². The Morgan fingerprint density at radius 3 is 2.67 bits per heavy atom. The van der Waals surface area contributed by atoms with Gasteiger partial charge in [0, 0.05) is 11.6 Å². The Bertz CT molecular complexity index is 934. The Morgan fingerprint density at radius 2 is 1.93 bits per heavy atom. The Hall–Kier alpha value is -2.86. The minimum Gasteiger partial charge on any atom is -0.460 e. The van der Waals surface area contributed by atoms with Crippen LogP contribution in [0.25, 0.3) is 0 Å². The number of ether oxygens (including phenoxy) is 2. The smallest absolute Gasteiger partial charge is 0.314 e. The van der Waals surface area contributed by atoms with Crippen LogP contribution in [0.4, 0.5) is 4.39 Å². The maximum Gasteiger partial charge on any atom is 0.314 e. The van der Waals surface area contributed by atoms with E-state index in [0.717, 1.165) is 11.1 Å². The Kier molecular flexibility index (Phi) is 5.77. The molecule has 158 valence electrons. The van der Waals surface area contributed by atoms with Crippen molar-refractivity contribution in [1.82, 2.24) is 5.48 Å². The average molecular weight is 411 g/mol. The lowest BCUT2D eigenvalue weighted by Gasteiger charge is -2.09. The number of benzene rings is 2. The van der Waals surface area contributed by atoms with Crippen molar-refractivity contribution in [3.8, 4) is 11.5 Å². The minimum absolute atomic E-state index is 0.158. The van der Waals surface area contributed by atoms with Crippen molar-refractivity contribution in [2.45, 2.75) is 33.3 Å². The van der Waals surface area contributed by atoms with E-state index in [9.17, 15) is 9.18 Å². The Balaban J connectivity index is 1.29. The fourth-order valence-corrected chi connectivity index (χ4v) is 3.40. The maximum atomic E-state index is 13.0. The maximum absolute atomic E-state index is 13.0. The molecule has 4 rings (SSSR count). The van der Waals surface area contributed by atoms with Crippen molar-refractivity contribution in [2.75, 3.05) is 6.61 Å². The first kappa shape index (κ1) is 20.4. The normalized spacial score (nSPS) is 20.6. The van der Waals surface area contributed by atoms with Crippen molar-refractivity contribution in [3.05, 3.63) is 71.7 Å². The van der Waals surface area contributed by atoms with Crippen molar-refractivity contribution < 1.29 is 23.5 Å². The topological polar surface area (TPSA) is 56.8 Å². The van der Waals surface area contributed by atoms with Crippen molar-refractivity contribution in [2.24, 2.45) is 17.3 Å². The van der Waals surface area contributed by atoms with Crippen molar-refractivity contribution in [3.63, 3.8) is 0 Å². The highest BCUT2D eigenvalue weighted by molar-refractivity contribution is 5.83. The molecule has 1 atom stereocenters. The number of nitrogens with one attached hydrogen (secondary N) is 1. The van der Waals surface area contributed by atoms with Gasteiger partial charge in [-0.1, -0.05) is 26.0 Å². The Morgan fingerprint density at radius 1 is 1.17 bits per heavy atom. The second-order valence-electron chi connectivity index (χ2n) is 8.44. The molecule has 0 radical (unpaired) electrons. The number of hydrogen-bond donors (Lipinski definition) is 1. The van der Waals surface area contributed by atoms with Crippen LogP contribution in [0.2, 0.25) is 0 Å². The molecule has 2 aliphatic rings. The molecule has 5 nitrogen and oxygen atoms in total. The van der Waals surface area contributed by atoms with E-state index in [4.69, 9.17) is 14.3 Å². The van der Waals surface area contributed by atoms with Crippen LogP contribution >= 0.6 is 0 Å². The van der Waals surface area contributed by atoms with Crippen LogP contribution in [0.1, 0.15) is 32.3 Å². The molecule has 0 heterocycles. The molecular formula is C24H26FNO4. The zero-order valence-electron chi connectivity index (χ0n) is 17.2. The zero-order valence-corrected chi connectivity index (χ0v) is 17.2. The molecule has 30 heavy (non-hydrogen) atoms. The summed E-state index contributed by atoms with van der Waals surface area (Å²) in [6.45, 7) is 4.90. The molecule has 0 aliphatic heterocycles. The number of carbonyl (C=O) groups is 1. The van der Waals surface area contributed by atoms with Gasteiger partial charge in [-0.2, -0.15) is 0 Å². The number of halogens is 1. The fourth-order valence-electron chi connectivity index (χ4n) is 3.40. The molecule has 0 saturated heterocycles. The molecule has 2 fully saturated rings. The molecule has 6 heteroatoms. The van der Waals surface area contributed by atoms with Crippen LogP contribution in [0.3, 0.4) is 0 Å². The van der Waals surface area contributed by atoms with Crippen LogP contribution in [0.15, 0.2) is 60.3 Å². The number of rotatable bonds is 9. The van der Waals surface area contributed by atoms with E-state index in [1.165, 1.54) is 25.0 Å². The summed E-state index contributed by atoms with van der Waals surface area (Å²) in [6.07, 6.45) is 4.25. The average Bonchev–Trinajstić information content (AvgIpc) is 3.63. The number of carbonyl (C=O) groups excluding carboxylic acids is 1. The molecule has 0 unspecified atom stereocenters. The van der Waals surface area contributed by atoms with E-state index in [-0.39, 0.29) is 29.7 Å². The van der Waals surface area contributed by atoms with Gasteiger partial charge in [0.15, 0.2) is 0 Å². The second kappa shape index (κ2) is 8.48. The van der Waals surface area contributed by atoms with Gasteiger partial charge < -0.3 is 9.47 Å². The molecule has 2 saturated carbocycles. The highest BCUT2D eigenvalue weighted by Crippen LogP contribution is 2.58. The van der Waals surface area contributed by atoms with E-state index in [0.29, 0.717) is 24.0 Å². The lowest BCUT2D eigenvalue weighted by molar-refractivity contribution is -0.147. The van der Waals surface area contributed by atoms with Gasteiger partial charge in [-0.25, -0.2) is 4.39 Å². The summed E-state index contributed by atoms with van der Waals surface area (Å²) in [5, 5.41) is 0. The van der Waals surface area contributed by atoms with E-state index >= 15 is 0 Å². The molecule has 2 aromatic carbocycles. The first-order chi connectivity index (χ1) is 14.4. The third-order valence-electron chi connectivity index (χ3n) is 5.57. The first-order valence-corrected chi connectivity index (χ1v) is 10.2. The summed E-state index contributed by atoms with van der Waals surface area (Å²) in [5.41, 5.74) is 4.42. The lowest BCUT2D eigenvalue weighted by atomic mass is 10.1. The molecule has 2 aromatic rings. The van der Waals surface area contributed by atoms with Crippen LogP contribution < -0.4 is 10.2 Å². The zero-order chi connectivity index (χ0) is 21.1. The predicted octanol–water partition coefficient (Wildman–Crippen LogP) is 5.13. The van der Waals surface area contributed by atoms with Gasteiger partial charge in [-0.3, -0.25) is 15.1 Å².